The molecule has 2 aliphatic heterocycles. The monoisotopic (exact) mass is 539 g/mol. The lowest BCUT2D eigenvalue weighted by Crippen LogP contribution is -2.60. The SMILES string of the molecule is C[C@@H](N1CN([C@H]2c3ccc(Cl)cc3SCc3c(F)cccc32)n2ccc(=O)c(O)c2C1=O)C(F)(F)F. The summed E-state index contributed by atoms with van der Waals surface area (Å²) in [7, 11) is 0. The van der Waals surface area contributed by atoms with Crippen LogP contribution in [0.1, 0.15) is 40.1 Å². The van der Waals surface area contributed by atoms with Crippen molar-refractivity contribution in [2.75, 3.05) is 11.7 Å². The first-order valence-corrected chi connectivity index (χ1v) is 12.1. The van der Waals surface area contributed by atoms with Crippen molar-refractivity contribution in [3.05, 3.63) is 92.1 Å². The molecule has 0 radical (unpaired) electrons. The number of hydrogen-bond donors (Lipinski definition) is 1. The second-order valence-corrected chi connectivity index (χ2v) is 9.93. The molecule has 12 heteroatoms. The maximum atomic E-state index is 15.0. The molecule has 2 aromatic carbocycles. The van der Waals surface area contributed by atoms with Crippen molar-refractivity contribution in [2.45, 2.75) is 35.8 Å². The first kappa shape index (κ1) is 24.5. The number of benzene rings is 2. The van der Waals surface area contributed by atoms with E-state index in [-0.39, 0.29) is 5.75 Å². The maximum absolute atomic E-state index is 15.0. The van der Waals surface area contributed by atoms with Gasteiger partial charge in [-0.3, -0.25) is 19.3 Å². The summed E-state index contributed by atoms with van der Waals surface area (Å²) < 4.78 is 57.4. The van der Waals surface area contributed by atoms with Crippen LogP contribution in [-0.4, -0.2) is 39.5 Å². The molecule has 3 aromatic rings. The molecular formula is C24H18ClF4N3O3S. The summed E-state index contributed by atoms with van der Waals surface area (Å²) in [6, 6.07) is 7.38. The first-order valence-electron chi connectivity index (χ1n) is 10.8. The molecule has 188 valence electrons. The van der Waals surface area contributed by atoms with Crippen LogP contribution in [-0.2, 0) is 5.75 Å². The maximum Gasteiger partial charge on any atom is 0.408 e. The van der Waals surface area contributed by atoms with Crippen molar-refractivity contribution in [3.63, 3.8) is 0 Å². The van der Waals surface area contributed by atoms with E-state index in [1.54, 1.807) is 24.3 Å². The van der Waals surface area contributed by atoms with E-state index in [4.69, 9.17) is 11.6 Å². The number of amides is 1. The van der Waals surface area contributed by atoms with Gasteiger partial charge in [0.25, 0.3) is 5.91 Å². The third-order valence-corrected chi connectivity index (χ3v) is 7.76. The fraction of sp³-hybridized carbons (Fsp3) is 0.250. The number of nitrogens with zero attached hydrogens (tertiary/aromatic N) is 3. The number of aromatic hydroxyl groups is 1. The minimum absolute atomic E-state index is 0.240. The second kappa shape index (κ2) is 8.74. The number of carbonyl (C=O) groups is 1. The van der Waals surface area contributed by atoms with Gasteiger partial charge in [-0.1, -0.05) is 29.8 Å². The number of carbonyl (C=O) groups excluding carboxylic acids is 1. The molecule has 1 amide bonds. The molecule has 0 bridgehead atoms. The molecule has 2 aliphatic rings. The molecule has 1 aromatic heterocycles. The Kier molecular flexibility index (Phi) is 5.95. The highest BCUT2D eigenvalue weighted by Gasteiger charge is 2.47. The molecule has 0 fully saturated rings. The Balaban J connectivity index is 1.80. The number of alkyl halides is 3. The van der Waals surface area contributed by atoms with Gasteiger partial charge in [0.05, 0.1) is 6.04 Å². The average Bonchev–Trinajstić information content (AvgIpc) is 2.98. The predicted molar refractivity (Wildman–Crippen MR) is 126 cm³/mol. The zero-order valence-corrected chi connectivity index (χ0v) is 20.2. The van der Waals surface area contributed by atoms with Crippen molar-refractivity contribution in [3.8, 4) is 5.75 Å². The van der Waals surface area contributed by atoms with E-state index in [1.165, 1.54) is 39.8 Å². The molecule has 0 saturated heterocycles. The molecular weight excluding hydrogens is 522 g/mol. The molecule has 3 heterocycles. The van der Waals surface area contributed by atoms with Gasteiger partial charge in [-0.05, 0) is 36.2 Å². The zero-order valence-electron chi connectivity index (χ0n) is 18.6. The third kappa shape index (κ3) is 3.90. The molecule has 5 rings (SSSR count). The van der Waals surface area contributed by atoms with E-state index in [2.05, 4.69) is 0 Å². The first-order chi connectivity index (χ1) is 17.0. The van der Waals surface area contributed by atoms with Crippen LogP contribution in [0, 0.1) is 5.82 Å². The van der Waals surface area contributed by atoms with Crippen molar-refractivity contribution in [1.29, 1.82) is 0 Å². The molecule has 1 N–H and O–H groups in total. The summed E-state index contributed by atoms with van der Waals surface area (Å²) in [5.41, 5.74) is -0.0752. The van der Waals surface area contributed by atoms with Crippen LogP contribution >= 0.6 is 23.4 Å². The van der Waals surface area contributed by atoms with E-state index >= 15 is 0 Å². The fourth-order valence-electron chi connectivity index (χ4n) is 4.52. The van der Waals surface area contributed by atoms with E-state index in [0.717, 1.165) is 13.0 Å². The van der Waals surface area contributed by atoms with Crippen LogP contribution in [0.25, 0.3) is 0 Å². The van der Waals surface area contributed by atoms with Crippen molar-refractivity contribution in [2.24, 2.45) is 0 Å². The molecule has 2 atom stereocenters. The van der Waals surface area contributed by atoms with Crippen LogP contribution in [0.15, 0.2) is 58.4 Å². The molecule has 0 saturated carbocycles. The van der Waals surface area contributed by atoms with Gasteiger partial charge in [0, 0.05) is 33.5 Å². The van der Waals surface area contributed by atoms with E-state index in [9.17, 15) is 32.3 Å². The zero-order chi connectivity index (χ0) is 25.9. The smallest absolute Gasteiger partial charge is 0.408 e. The number of hydrogen-bond acceptors (Lipinski definition) is 5. The van der Waals surface area contributed by atoms with Crippen molar-refractivity contribution in [1.82, 2.24) is 9.58 Å². The topological polar surface area (TPSA) is 65.8 Å². The van der Waals surface area contributed by atoms with Gasteiger partial charge in [-0.25, -0.2) is 4.39 Å². The number of halogens is 5. The Hall–Kier alpha value is -3.18. The van der Waals surface area contributed by atoms with Crippen LogP contribution < -0.4 is 10.4 Å². The molecule has 0 unspecified atom stereocenters. The van der Waals surface area contributed by atoms with Gasteiger partial charge in [-0.15, -0.1) is 11.8 Å². The highest BCUT2D eigenvalue weighted by molar-refractivity contribution is 7.98. The van der Waals surface area contributed by atoms with Gasteiger partial charge in [0.15, 0.2) is 11.4 Å². The minimum Gasteiger partial charge on any atom is -0.502 e. The average molecular weight is 540 g/mol. The van der Waals surface area contributed by atoms with E-state index in [1.807, 2.05) is 0 Å². The lowest BCUT2D eigenvalue weighted by Gasteiger charge is -2.46. The normalized spacial score (nSPS) is 18.3. The highest BCUT2D eigenvalue weighted by atomic mass is 35.5. The third-order valence-electron chi connectivity index (χ3n) is 6.42. The molecule has 0 spiro atoms. The quantitative estimate of drug-likeness (QED) is 0.462. The Morgan fingerprint density at radius 3 is 2.61 bits per heavy atom. The summed E-state index contributed by atoms with van der Waals surface area (Å²) in [5.74, 6) is -2.36. The minimum atomic E-state index is -4.77. The van der Waals surface area contributed by atoms with Crippen LogP contribution in [0.5, 0.6) is 5.75 Å². The number of fused-ring (bicyclic) bond motifs is 3. The van der Waals surface area contributed by atoms with E-state index < -0.39 is 53.5 Å². The van der Waals surface area contributed by atoms with Crippen molar-refractivity contribution < 1.29 is 27.5 Å². The van der Waals surface area contributed by atoms with Crippen LogP contribution in [0.3, 0.4) is 0 Å². The Labute approximate surface area is 211 Å². The van der Waals surface area contributed by atoms with E-state index in [0.29, 0.717) is 31.5 Å². The molecule has 6 nitrogen and oxygen atoms in total. The summed E-state index contributed by atoms with van der Waals surface area (Å²) in [6.07, 6.45) is -3.56. The summed E-state index contributed by atoms with van der Waals surface area (Å²) >= 11 is 7.53. The van der Waals surface area contributed by atoms with Gasteiger partial charge in [0.2, 0.25) is 5.43 Å². The van der Waals surface area contributed by atoms with Crippen LogP contribution in [0.2, 0.25) is 5.02 Å². The Bertz CT molecular complexity index is 1450. The number of thioether (sulfide) groups is 1. The standard InChI is InChI=1S/C24H18ClF4N3O3S/c1-12(24(27,28)29)30-11-32(31-8-7-18(33)22(34)21(31)23(30)35)20-14-3-2-4-17(26)16(14)10-36-19-9-13(25)5-6-15(19)20/h2-9,12,20,34H,10-11H2,1H3/t12-,20-/m1/s1. The predicted octanol–water partition coefficient (Wildman–Crippen LogP) is 5.04. The van der Waals surface area contributed by atoms with Gasteiger partial charge >= 0.3 is 6.18 Å². The van der Waals surface area contributed by atoms with Gasteiger partial charge in [0.1, 0.15) is 18.5 Å². The number of pyridine rings is 1. The van der Waals surface area contributed by atoms with Gasteiger partial charge in [-0.2, -0.15) is 13.2 Å². The lowest BCUT2D eigenvalue weighted by molar-refractivity contribution is -0.173. The summed E-state index contributed by atoms with van der Waals surface area (Å²) in [6.45, 7) is 0.274. The molecule has 36 heavy (non-hydrogen) atoms. The van der Waals surface area contributed by atoms with Crippen molar-refractivity contribution >= 4 is 29.3 Å². The largest absolute Gasteiger partial charge is 0.502 e. The fourth-order valence-corrected chi connectivity index (χ4v) is 5.92. The summed E-state index contributed by atoms with van der Waals surface area (Å²) in [5, 5.41) is 12.3. The van der Waals surface area contributed by atoms with Crippen LogP contribution in [0.4, 0.5) is 17.6 Å². The Morgan fingerprint density at radius 1 is 1.14 bits per heavy atom. The van der Waals surface area contributed by atoms with Gasteiger partial charge < -0.3 is 10.0 Å². The summed E-state index contributed by atoms with van der Waals surface area (Å²) in [4.78, 5) is 26.6. The highest BCUT2D eigenvalue weighted by Crippen LogP contribution is 2.44. The number of aromatic nitrogens is 1. The Morgan fingerprint density at radius 2 is 1.89 bits per heavy atom. The lowest BCUT2D eigenvalue weighted by atomic mass is 9.94. The molecule has 0 aliphatic carbocycles. The number of rotatable bonds is 2. The second-order valence-electron chi connectivity index (χ2n) is 8.48.